The minimum atomic E-state index is -0.950. The van der Waals surface area contributed by atoms with Crippen LogP contribution < -0.4 is 0 Å². The predicted octanol–water partition coefficient (Wildman–Crippen LogP) is 4.41. The summed E-state index contributed by atoms with van der Waals surface area (Å²) in [5.41, 5.74) is 0.266. The highest BCUT2D eigenvalue weighted by atomic mass is 16.6. The zero-order chi connectivity index (χ0) is 19.6. The molecule has 0 heterocycles. The van der Waals surface area contributed by atoms with Crippen LogP contribution in [0.1, 0.15) is 79.1 Å². The molecule has 148 valence electrons. The minimum Gasteiger partial charge on any atom is -0.451 e. The van der Waals surface area contributed by atoms with Crippen molar-refractivity contribution < 1.29 is 19.1 Å². The van der Waals surface area contributed by atoms with Gasteiger partial charge in [0, 0.05) is 18.8 Å². The molecule has 4 aliphatic carbocycles. The fourth-order valence-electron chi connectivity index (χ4n) is 7.62. The summed E-state index contributed by atoms with van der Waals surface area (Å²) in [6.07, 6.45) is 9.23. The van der Waals surface area contributed by atoms with Gasteiger partial charge in [0.1, 0.15) is 0 Å². The van der Waals surface area contributed by atoms with Crippen LogP contribution in [-0.2, 0) is 19.1 Å². The highest BCUT2D eigenvalue weighted by molar-refractivity contribution is 5.91. The standard InChI is InChI=1S/C23H32O4/c1-14(24)23(27-15(2)25)12-9-20-18-6-5-16-13-17(26)7-10-21(16,3)19(18)8-11-22(20,23)4/h13,18-20H,5-12H2,1-4H3/t18-,19-,20-,21-,22+,23+/m1/s1. The van der Waals surface area contributed by atoms with E-state index in [9.17, 15) is 14.4 Å². The van der Waals surface area contributed by atoms with Gasteiger partial charge in [-0.2, -0.15) is 0 Å². The van der Waals surface area contributed by atoms with Crippen molar-refractivity contribution in [3.63, 3.8) is 0 Å². The Bertz CT molecular complexity index is 737. The smallest absolute Gasteiger partial charge is 0.303 e. The van der Waals surface area contributed by atoms with Gasteiger partial charge in [-0.3, -0.25) is 14.4 Å². The van der Waals surface area contributed by atoms with Gasteiger partial charge in [-0.15, -0.1) is 0 Å². The van der Waals surface area contributed by atoms with E-state index < -0.39 is 5.60 Å². The van der Waals surface area contributed by atoms with E-state index in [0.29, 0.717) is 30.6 Å². The van der Waals surface area contributed by atoms with Gasteiger partial charge in [-0.05, 0) is 81.1 Å². The molecule has 3 fully saturated rings. The van der Waals surface area contributed by atoms with Gasteiger partial charge in [-0.1, -0.05) is 19.4 Å². The predicted molar refractivity (Wildman–Crippen MR) is 102 cm³/mol. The molecule has 0 spiro atoms. The third kappa shape index (κ3) is 2.44. The second-order valence-electron chi connectivity index (χ2n) is 9.94. The number of hydrogen-bond donors (Lipinski definition) is 0. The highest BCUT2D eigenvalue weighted by Crippen LogP contribution is 2.68. The molecule has 0 aliphatic heterocycles. The summed E-state index contributed by atoms with van der Waals surface area (Å²) < 4.78 is 5.81. The molecule has 0 amide bonds. The lowest BCUT2D eigenvalue weighted by Gasteiger charge is -2.59. The van der Waals surface area contributed by atoms with Gasteiger partial charge in [0.15, 0.2) is 17.2 Å². The number of hydrogen-bond acceptors (Lipinski definition) is 4. The van der Waals surface area contributed by atoms with Crippen LogP contribution in [0, 0.1) is 28.6 Å². The molecular formula is C23H32O4. The van der Waals surface area contributed by atoms with E-state index in [0.717, 1.165) is 38.5 Å². The molecule has 27 heavy (non-hydrogen) atoms. The molecule has 6 atom stereocenters. The van der Waals surface area contributed by atoms with Gasteiger partial charge < -0.3 is 4.74 Å². The Morgan fingerprint density at radius 1 is 1.00 bits per heavy atom. The summed E-state index contributed by atoms with van der Waals surface area (Å²) >= 11 is 0. The van der Waals surface area contributed by atoms with Gasteiger partial charge >= 0.3 is 5.97 Å². The maximum absolute atomic E-state index is 12.7. The third-order valence-electron chi connectivity index (χ3n) is 8.97. The molecule has 0 aromatic rings. The summed E-state index contributed by atoms with van der Waals surface area (Å²) in [5, 5.41) is 0. The fraction of sp³-hybridized carbons (Fsp3) is 0.783. The molecule has 0 saturated heterocycles. The lowest BCUT2D eigenvalue weighted by molar-refractivity contribution is -0.187. The molecular weight excluding hydrogens is 340 g/mol. The van der Waals surface area contributed by atoms with Crippen LogP contribution in [0.5, 0.6) is 0 Å². The van der Waals surface area contributed by atoms with E-state index in [2.05, 4.69) is 13.8 Å². The monoisotopic (exact) mass is 372 g/mol. The van der Waals surface area contributed by atoms with Crippen LogP contribution in [-0.4, -0.2) is 23.1 Å². The Hall–Kier alpha value is -1.45. The lowest BCUT2D eigenvalue weighted by Crippen LogP contribution is -2.58. The van der Waals surface area contributed by atoms with Crippen molar-refractivity contribution in [3.8, 4) is 0 Å². The number of ketones is 2. The minimum absolute atomic E-state index is 0.00650. The largest absolute Gasteiger partial charge is 0.451 e. The average Bonchev–Trinajstić information content (AvgIpc) is 2.89. The Labute approximate surface area is 162 Å². The van der Waals surface area contributed by atoms with E-state index in [-0.39, 0.29) is 28.4 Å². The van der Waals surface area contributed by atoms with Crippen LogP contribution >= 0.6 is 0 Å². The van der Waals surface area contributed by atoms with Gasteiger partial charge in [0.05, 0.1) is 0 Å². The lowest BCUT2D eigenvalue weighted by atomic mass is 9.46. The van der Waals surface area contributed by atoms with Crippen molar-refractivity contribution in [2.24, 2.45) is 28.6 Å². The zero-order valence-electron chi connectivity index (χ0n) is 17.1. The van der Waals surface area contributed by atoms with Gasteiger partial charge in [0.2, 0.25) is 0 Å². The van der Waals surface area contributed by atoms with E-state index in [1.54, 1.807) is 6.92 Å². The quantitative estimate of drug-likeness (QED) is 0.674. The number of esters is 1. The van der Waals surface area contributed by atoms with Crippen molar-refractivity contribution in [1.82, 2.24) is 0 Å². The maximum atomic E-state index is 12.7. The van der Waals surface area contributed by atoms with E-state index in [1.165, 1.54) is 12.5 Å². The van der Waals surface area contributed by atoms with Crippen LogP contribution in [0.2, 0.25) is 0 Å². The summed E-state index contributed by atoms with van der Waals surface area (Å²) in [6.45, 7) is 7.58. The summed E-state index contributed by atoms with van der Waals surface area (Å²) in [6, 6.07) is 0. The number of rotatable bonds is 2. The first-order valence-corrected chi connectivity index (χ1v) is 10.6. The molecule has 3 saturated carbocycles. The molecule has 0 N–H and O–H groups in total. The Balaban J connectivity index is 1.70. The number of carbonyl (C=O) groups excluding carboxylic acids is 3. The van der Waals surface area contributed by atoms with Crippen molar-refractivity contribution >= 4 is 17.5 Å². The molecule has 4 heteroatoms. The van der Waals surface area contributed by atoms with Crippen LogP contribution in [0.4, 0.5) is 0 Å². The topological polar surface area (TPSA) is 60.4 Å². The number of fused-ring (bicyclic) bond motifs is 5. The average molecular weight is 373 g/mol. The van der Waals surface area contributed by atoms with Gasteiger partial charge in [-0.25, -0.2) is 0 Å². The first kappa shape index (κ1) is 18.9. The molecule has 4 rings (SSSR count). The maximum Gasteiger partial charge on any atom is 0.303 e. The Kier molecular flexibility index (Phi) is 4.21. The molecule has 4 aliphatic rings. The normalized spacial score (nSPS) is 46.0. The Morgan fingerprint density at radius 3 is 2.37 bits per heavy atom. The highest BCUT2D eigenvalue weighted by Gasteiger charge is 2.67. The van der Waals surface area contributed by atoms with Crippen LogP contribution in [0.15, 0.2) is 11.6 Å². The molecule has 0 radical (unpaired) electrons. The fourth-order valence-corrected chi connectivity index (χ4v) is 7.62. The molecule has 0 unspecified atom stereocenters. The number of carbonyl (C=O) groups is 3. The summed E-state index contributed by atoms with van der Waals surface area (Å²) in [5.74, 6) is 1.48. The molecule has 0 bridgehead atoms. The van der Waals surface area contributed by atoms with Crippen LogP contribution in [0.25, 0.3) is 0 Å². The van der Waals surface area contributed by atoms with Crippen molar-refractivity contribution in [2.75, 3.05) is 0 Å². The van der Waals surface area contributed by atoms with Crippen molar-refractivity contribution in [2.45, 2.75) is 84.7 Å². The summed E-state index contributed by atoms with van der Waals surface area (Å²) in [4.78, 5) is 36.5. The zero-order valence-corrected chi connectivity index (χ0v) is 17.1. The van der Waals surface area contributed by atoms with Crippen molar-refractivity contribution in [1.29, 1.82) is 0 Å². The van der Waals surface area contributed by atoms with Gasteiger partial charge in [0.25, 0.3) is 0 Å². The SMILES string of the molecule is CC(=O)O[C@]1(C(C)=O)CC[C@@H]2[C@@H]3CCC4=CC(=O)CC[C@@]4(C)[C@@H]3CC[C@@]21C. The van der Waals surface area contributed by atoms with E-state index in [1.807, 2.05) is 6.08 Å². The number of allylic oxidation sites excluding steroid dienone is 1. The molecule has 4 nitrogen and oxygen atoms in total. The number of ether oxygens (including phenoxy) is 1. The van der Waals surface area contributed by atoms with E-state index in [4.69, 9.17) is 4.74 Å². The first-order chi connectivity index (χ1) is 12.6. The second kappa shape index (κ2) is 6.02. The third-order valence-corrected chi connectivity index (χ3v) is 8.97. The Morgan fingerprint density at radius 2 is 1.70 bits per heavy atom. The number of Topliss-reactive ketones (excluding diaryl/α,β-unsaturated/α-hetero) is 1. The van der Waals surface area contributed by atoms with E-state index >= 15 is 0 Å². The first-order valence-electron chi connectivity index (χ1n) is 10.6. The second-order valence-corrected chi connectivity index (χ2v) is 9.94. The molecule has 0 aromatic heterocycles. The van der Waals surface area contributed by atoms with Crippen molar-refractivity contribution in [3.05, 3.63) is 11.6 Å². The van der Waals surface area contributed by atoms with Crippen LogP contribution in [0.3, 0.4) is 0 Å². The summed E-state index contributed by atoms with van der Waals surface area (Å²) in [7, 11) is 0. The molecule has 0 aromatic carbocycles.